The van der Waals surface area contributed by atoms with E-state index in [9.17, 15) is 4.79 Å². The van der Waals surface area contributed by atoms with Crippen LogP contribution in [0.3, 0.4) is 0 Å². The summed E-state index contributed by atoms with van der Waals surface area (Å²) in [6, 6.07) is 0. The van der Waals surface area contributed by atoms with Gasteiger partial charge in [-0.25, -0.2) is 4.98 Å². The number of aliphatic carboxylic acids is 1. The molecule has 1 aromatic rings. The molecule has 4 heteroatoms. The zero-order valence-corrected chi connectivity index (χ0v) is 10.6. The van der Waals surface area contributed by atoms with E-state index in [-0.39, 0.29) is 5.92 Å². The summed E-state index contributed by atoms with van der Waals surface area (Å²) < 4.78 is 0. The lowest BCUT2D eigenvalue weighted by atomic mass is 9.91. The predicted molar refractivity (Wildman–Crippen MR) is 66.5 cm³/mol. The van der Waals surface area contributed by atoms with Crippen LogP contribution in [0.15, 0.2) is 0 Å². The van der Waals surface area contributed by atoms with Gasteiger partial charge in [-0.2, -0.15) is 0 Å². The Hall–Kier alpha value is -0.900. The average Bonchev–Trinajstić information content (AvgIpc) is 2.96. The SMILES string of the molecule is O=C(O)C1CCc2sc(C3CCCC3)nc2C1. The molecule has 1 unspecified atom stereocenters. The minimum atomic E-state index is -0.661. The Morgan fingerprint density at radius 3 is 2.76 bits per heavy atom. The summed E-state index contributed by atoms with van der Waals surface area (Å²) in [7, 11) is 0. The number of aryl methyl sites for hydroxylation is 1. The number of rotatable bonds is 2. The van der Waals surface area contributed by atoms with Crippen LogP contribution in [0.1, 0.15) is 53.6 Å². The lowest BCUT2D eigenvalue weighted by Crippen LogP contribution is -2.21. The smallest absolute Gasteiger partial charge is 0.306 e. The second-order valence-electron chi connectivity index (χ2n) is 5.18. The summed E-state index contributed by atoms with van der Waals surface area (Å²) >= 11 is 1.84. The van der Waals surface area contributed by atoms with E-state index in [1.165, 1.54) is 35.6 Å². The Morgan fingerprint density at radius 2 is 2.06 bits per heavy atom. The van der Waals surface area contributed by atoms with Gasteiger partial charge in [0.15, 0.2) is 0 Å². The molecule has 2 aliphatic carbocycles. The van der Waals surface area contributed by atoms with Gasteiger partial charge in [-0.1, -0.05) is 12.8 Å². The molecule has 1 atom stereocenters. The van der Waals surface area contributed by atoms with Crippen molar-refractivity contribution in [3.63, 3.8) is 0 Å². The van der Waals surface area contributed by atoms with Crippen molar-refractivity contribution in [3.05, 3.63) is 15.6 Å². The van der Waals surface area contributed by atoms with Gasteiger partial charge in [-0.3, -0.25) is 4.79 Å². The number of thiazole rings is 1. The largest absolute Gasteiger partial charge is 0.481 e. The van der Waals surface area contributed by atoms with Crippen LogP contribution >= 0.6 is 11.3 Å². The van der Waals surface area contributed by atoms with Gasteiger partial charge in [0, 0.05) is 17.2 Å². The van der Waals surface area contributed by atoms with Crippen molar-refractivity contribution < 1.29 is 9.90 Å². The molecular formula is C13H17NO2S. The van der Waals surface area contributed by atoms with Crippen LogP contribution in [0.4, 0.5) is 0 Å². The molecule has 1 saturated carbocycles. The summed E-state index contributed by atoms with van der Waals surface area (Å²) in [5.41, 5.74) is 1.08. The highest BCUT2D eigenvalue weighted by molar-refractivity contribution is 7.11. The van der Waals surface area contributed by atoms with Gasteiger partial charge in [0.05, 0.1) is 16.6 Å². The van der Waals surface area contributed by atoms with E-state index in [4.69, 9.17) is 10.1 Å². The first-order valence-electron chi connectivity index (χ1n) is 6.45. The Morgan fingerprint density at radius 1 is 1.29 bits per heavy atom. The van der Waals surface area contributed by atoms with Crippen molar-refractivity contribution in [1.29, 1.82) is 0 Å². The summed E-state index contributed by atoms with van der Waals surface area (Å²) in [6.45, 7) is 0. The maximum absolute atomic E-state index is 11.0. The molecule has 0 aromatic carbocycles. The minimum absolute atomic E-state index is 0.207. The predicted octanol–water partition coefficient (Wildman–Crippen LogP) is 2.99. The zero-order chi connectivity index (χ0) is 11.8. The van der Waals surface area contributed by atoms with E-state index >= 15 is 0 Å². The highest BCUT2D eigenvalue weighted by Gasteiger charge is 2.29. The number of hydrogen-bond acceptors (Lipinski definition) is 3. The lowest BCUT2D eigenvalue weighted by Gasteiger charge is -2.16. The molecule has 3 rings (SSSR count). The number of aromatic nitrogens is 1. The lowest BCUT2D eigenvalue weighted by molar-refractivity contribution is -0.142. The highest BCUT2D eigenvalue weighted by Crippen LogP contribution is 2.39. The number of hydrogen-bond donors (Lipinski definition) is 1. The van der Waals surface area contributed by atoms with E-state index in [0.717, 1.165) is 18.5 Å². The van der Waals surface area contributed by atoms with Crippen LogP contribution in [0.25, 0.3) is 0 Å². The third-order valence-electron chi connectivity index (χ3n) is 4.01. The first kappa shape index (κ1) is 11.2. The van der Waals surface area contributed by atoms with Crippen molar-refractivity contribution in [1.82, 2.24) is 4.98 Å². The van der Waals surface area contributed by atoms with Crippen LogP contribution in [-0.2, 0) is 17.6 Å². The van der Waals surface area contributed by atoms with Crippen molar-refractivity contribution in [3.8, 4) is 0 Å². The molecule has 92 valence electrons. The van der Waals surface area contributed by atoms with Gasteiger partial charge in [0.1, 0.15) is 0 Å². The van der Waals surface area contributed by atoms with Gasteiger partial charge in [-0.05, 0) is 25.7 Å². The van der Waals surface area contributed by atoms with Gasteiger partial charge in [0.2, 0.25) is 0 Å². The summed E-state index contributed by atoms with van der Waals surface area (Å²) in [5, 5.41) is 10.3. The Labute approximate surface area is 105 Å². The monoisotopic (exact) mass is 251 g/mol. The number of fused-ring (bicyclic) bond motifs is 1. The van der Waals surface area contributed by atoms with E-state index in [1.54, 1.807) is 0 Å². The standard InChI is InChI=1S/C13H17NO2S/c15-13(16)9-5-6-11-10(7-9)14-12(17-11)8-3-1-2-4-8/h8-9H,1-7H2,(H,15,16). The maximum Gasteiger partial charge on any atom is 0.306 e. The summed E-state index contributed by atoms with van der Waals surface area (Å²) in [4.78, 5) is 17.1. The number of nitrogens with zero attached hydrogens (tertiary/aromatic N) is 1. The zero-order valence-electron chi connectivity index (χ0n) is 9.82. The first-order chi connectivity index (χ1) is 8.24. The molecule has 1 N–H and O–H groups in total. The quantitative estimate of drug-likeness (QED) is 0.879. The third-order valence-corrected chi connectivity index (χ3v) is 5.33. The summed E-state index contributed by atoms with van der Waals surface area (Å²) in [6.07, 6.45) is 7.54. The molecule has 2 aliphatic rings. The first-order valence-corrected chi connectivity index (χ1v) is 7.27. The molecule has 0 bridgehead atoms. The van der Waals surface area contributed by atoms with Gasteiger partial charge in [-0.15, -0.1) is 11.3 Å². The Balaban J connectivity index is 1.81. The molecule has 0 radical (unpaired) electrons. The number of carboxylic acid groups (broad SMARTS) is 1. The van der Waals surface area contributed by atoms with Gasteiger partial charge in [0.25, 0.3) is 0 Å². The minimum Gasteiger partial charge on any atom is -0.481 e. The highest BCUT2D eigenvalue weighted by atomic mass is 32.1. The van der Waals surface area contributed by atoms with Crippen LogP contribution < -0.4 is 0 Å². The topological polar surface area (TPSA) is 50.2 Å². The molecule has 0 spiro atoms. The van der Waals surface area contributed by atoms with Gasteiger partial charge < -0.3 is 5.11 Å². The van der Waals surface area contributed by atoms with E-state index in [0.29, 0.717) is 12.3 Å². The molecule has 1 fully saturated rings. The fourth-order valence-corrected chi connectivity index (χ4v) is 4.23. The molecule has 17 heavy (non-hydrogen) atoms. The molecular weight excluding hydrogens is 234 g/mol. The fraction of sp³-hybridized carbons (Fsp3) is 0.692. The molecule has 3 nitrogen and oxygen atoms in total. The fourth-order valence-electron chi connectivity index (χ4n) is 2.96. The molecule has 1 aromatic heterocycles. The van der Waals surface area contributed by atoms with Crippen LogP contribution in [0.5, 0.6) is 0 Å². The second-order valence-corrected chi connectivity index (χ2v) is 6.30. The molecule has 1 heterocycles. The van der Waals surface area contributed by atoms with Crippen molar-refractivity contribution >= 4 is 17.3 Å². The summed E-state index contributed by atoms with van der Waals surface area (Å²) in [5.74, 6) is -0.207. The maximum atomic E-state index is 11.0. The average molecular weight is 251 g/mol. The third kappa shape index (κ3) is 2.10. The van der Waals surface area contributed by atoms with Crippen molar-refractivity contribution in [2.45, 2.75) is 50.9 Å². The molecule has 0 saturated heterocycles. The van der Waals surface area contributed by atoms with Crippen molar-refractivity contribution in [2.75, 3.05) is 0 Å². The number of carboxylic acids is 1. The van der Waals surface area contributed by atoms with Crippen LogP contribution in [0.2, 0.25) is 0 Å². The van der Waals surface area contributed by atoms with E-state index in [2.05, 4.69) is 0 Å². The normalized spacial score (nSPS) is 24.8. The van der Waals surface area contributed by atoms with Crippen molar-refractivity contribution in [2.24, 2.45) is 5.92 Å². The Bertz CT molecular complexity index is 435. The molecule has 0 aliphatic heterocycles. The van der Waals surface area contributed by atoms with Gasteiger partial charge >= 0.3 is 5.97 Å². The Kier molecular flexibility index (Phi) is 2.90. The molecule has 0 amide bonds. The van der Waals surface area contributed by atoms with E-state index < -0.39 is 5.97 Å². The van der Waals surface area contributed by atoms with Crippen LogP contribution in [0, 0.1) is 5.92 Å². The van der Waals surface area contributed by atoms with Crippen LogP contribution in [-0.4, -0.2) is 16.1 Å². The number of carbonyl (C=O) groups is 1. The second kappa shape index (κ2) is 4.41. The van der Waals surface area contributed by atoms with E-state index in [1.807, 2.05) is 11.3 Å².